The van der Waals surface area contributed by atoms with Gasteiger partial charge in [-0.15, -0.1) is 0 Å². The van der Waals surface area contributed by atoms with Gasteiger partial charge in [0.05, 0.1) is 5.56 Å². The van der Waals surface area contributed by atoms with Crippen molar-refractivity contribution in [3.8, 4) is 0 Å². The number of nitrogens with zero attached hydrogens (tertiary/aromatic N) is 1. The first-order valence-electron chi connectivity index (χ1n) is 9.85. The topological polar surface area (TPSA) is 73.5 Å². The molecule has 168 valence electrons. The Balaban J connectivity index is 1.74. The number of likely N-dealkylation sites (N-methyl/N-ethyl adjacent to an activating group) is 1. The molecule has 0 saturated heterocycles. The van der Waals surface area contributed by atoms with Gasteiger partial charge in [-0.3, -0.25) is 4.79 Å². The Morgan fingerprint density at radius 3 is 2.26 bits per heavy atom. The van der Waals surface area contributed by atoms with Crippen molar-refractivity contribution in [3.05, 3.63) is 70.8 Å². The number of alkyl halides is 3. The lowest BCUT2D eigenvalue weighted by Crippen LogP contribution is -2.36. The van der Waals surface area contributed by atoms with Crippen LogP contribution in [-0.4, -0.2) is 50.6 Å². The lowest BCUT2D eigenvalue weighted by molar-refractivity contribution is -0.137. The van der Waals surface area contributed by atoms with Crippen LogP contribution in [0.25, 0.3) is 0 Å². The molecule has 0 fully saturated rings. The number of urea groups is 1. The fourth-order valence-electron chi connectivity index (χ4n) is 2.74. The zero-order chi connectivity index (χ0) is 22.9. The highest BCUT2D eigenvalue weighted by molar-refractivity contribution is 5.94. The van der Waals surface area contributed by atoms with Gasteiger partial charge in [-0.05, 0) is 55.9 Å². The summed E-state index contributed by atoms with van der Waals surface area (Å²) in [6.07, 6.45) is -3.95. The predicted octanol–water partition coefficient (Wildman–Crippen LogP) is 3.04. The van der Waals surface area contributed by atoms with E-state index in [9.17, 15) is 22.8 Å². The van der Waals surface area contributed by atoms with Gasteiger partial charge in [0.2, 0.25) is 0 Å². The van der Waals surface area contributed by atoms with Gasteiger partial charge >= 0.3 is 12.2 Å². The quantitative estimate of drug-likeness (QED) is 0.566. The van der Waals surface area contributed by atoms with Gasteiger partial charge in [0, 0.05) is 31.7 Å². The molecule has 31 heavy (non-hydrogen) atoms. The normalized spacial score (nSPS) is 11.3. The summed E-state index contributed by atoms with van der Waals surface area (Å²) in [5.41, 5.74) is 1.29. The van der Waals surface area contributed by atoms with E-state index < -0.39 is 17.8 Å². The summed E-state index contributed by atoms with van der Waals surface area (Å²) in [7, 11) is 3.85. The van der Waals surface area contributed by atoms with Crippen LogP contribution in [0.4, 0.5) is 18.0 Å². The van der Waals surface area contributed by atoms with Crippen molar-refractivity contribution in [3.63, 3.8) is 0 Å². The van der Waals surface area contributed by atoms with Crippen LogP contribution in [0, 0.1) is 0 Å². The molecule has 6 nitrogen and oxygen atoms in total. The van der Waals surface area contributed by atoms with E-state index in [1.165, 1.54) is 12.1 Å². The highest BCUT2D eigenvalue weighted by atomic mass is 19.4. The third-order valence-electron chi connectivity index (χ3n) is 4.47. The SMILES string of the molecule is CN(C)CCNC(=O)c1cccc(CNC(=O)NCCc2ccc(C(F)(F)F)cc2)c1. The molecule has 2 aromatic rings. The van der Waals surface area contributed by atoms with E-state index in [2.05, 4.69) is 16.0 Å². The molecular weight excluding hydrogens is 409 g/mol. The summed E-state index contributed by atoms with van der Waals surface area (Å²) >= 11 is 0. The molecule has 2 rings (SSSR count). The minimum Gasteiger partial charge on any atom is -0.351 e. The van der Waals surface area contributed by atoms with Gasteiger partial charge in [-0.1, -0.05) is 24.3 Å². The lowest BCUT2D eigenvalue weighted by Gasteiger charge is -2.11. The third-order valence-corrected chi connectivity index (χ3v) is 4.47. The highest BCUT2D eigenvalue weighted by Gasteiger charge is 2.29. The average Bonchev–Trinajstić information content (AvgIpc) is 2.72. The van der Waals surface area contributed by atoms with Crippen molar-refractivity contribution < 1.29 is 22.8 Å². The van der Waals surface area contributed by atoms with Gasteiger partial charge in [0.1, 0.15) is 0 Å². The molecule has 0 aliphatic heterocycles. The van der Waals surface area contributed by atoms with Crippen molar-refractivity contribution in [1.82, 2.24) is 20.9 Å². The number of rotatable bonds is 9. The Morgan fingerprint density at radius 2 is 1.61 bits per heavy atom. The standard InChI is InChI=1S/C22H27F3N4O2/c1-29(2)13-12-26-20(30)18-5-3-4-17(14-18)15-28-21(31)27-11-10-16-6-8-19(9-7-16)22(23,24)25/h3-9,14H,10-13,15H2,1-2H3,(H,26,30)(H2,27,28,31). The van der Waals surface area contributed by atoms with Crippen LogP contribution in [0.5, 0.6) is 0 Å². The third kappa shape index (κ3) is 8.67. The van der Waals surface area contributed by atoms with Crippen molar-refractivity contribution in [2.24, 2.45) is 0 Å². The number of nitrogens with one attached hydrogen (secondary N) is 3. The monoisotopic (exact) mass is 436 g/mol. The zero-order valence-electron chi connectivity index (χ0n) is 17.6. The summed E-state index contributed by atoms with van der Waals surface area (Å²) in [5, 5.41) is 8.20. The van der Waals surface area contributed by atoms with Crippen LogP contribution in [0.3, 0.4) is 0 Å². The Kier molecular flexibility index (Phi) is 8.87. The van der Waals surface area contributed by atoms with Crippen LogP contribution < -0.4 is 16.0 Å². The molecule has 0 saturated carbocycles. The Labute approximate surface area is 179 Å². The second kappa shape index (κ2) is 11.4. The summed E-state index contributed by atoms with van der Waals surface area (Å²) in [5.74, 6) is -0.176. The van der Waals surface area contributed by atoms with Gasteiger partial charge in [0.25, 0.3) is 5.91 Å². The first-order chi connectivity index (χ1) is 14.6. The smallest absolute Gasteiger partial charge is 0.351 e. The second-order valence-corrected chi connectivity index (χ2v) is 7.31. The lowest BCUT2D eigenvalue weighted by atomic mass is 10.1. The van der Waals surface area contributed by atoms with E-state index in [4.69, 9.17) is 0 Å². The molecule has 9 heteroatoms. The van der Waals surface area contributed by atoms with Crippen molar-refractivity contribution in [2.45, 2.75) is 19.1 Å². The first-order valence-corrected chi connectivity index (χ1v) is 9.85. The molecule has 0 atom stereocenters. The Bertz CT molecular complexity index is 868. The van der Waals surface area contributed by atoms with E-state index >= 15 is 0 Å². The minimum atomic E-state index is -4.36. The summed E-state index contributed by atoms with van der Waals surface area (Å²) in [6, 6.07) is 11.4. The largest absolute Gasteiger partial charge is 0.416 e. The maximum atomic E-state index is 12.6. The van der Waals surface area contributed by atoms with Crippen LogP contribution >= 0.6 is 0 Å². The molecule has 2 aromatic carbocycles. The second-order valence-electron chi connectivity index (χ2n) is 7.31. The molecule has 0 aliphatic carbocycles. The van der Waals surface area contributed by atoms with E-state index in [0.717, 1.165) is 24.2 Å². The summed E-state index contributed by atoms with van der Waals surface area (Å²) in [6.45, 7) is 1.80. The average molecular weight is 436 g/mol. The molecule has 0 unspecified atom stereocenters. The fraction of sp³-hybridized carbons (Fsp3) is 0.364. The van der Waals surface area contributed by atoms with E-state index in [1.807, 2.05) is 19.0 Å². The van der Waals surface area contributed by atoms with Gasteiger partial charge in [0.15, 0.2) is 0 Å². The molecular formula is C22H27F3N4O2. The summed E-state index contributed by atoms with van der Waals surface area (Å²) in [4.78, 5) is 26.1. The van der Waals surface area contributed by atoms with Gasteiger partial charge < -0.3 is 20.9 Å². The molecule has 0 spiro atoms. The Hall–Kier alpha value is -3.07. The molecule has 0 aromatic heterocycles. The molecule has 0 aliphatic rings. The van der Waals surface area contributed by atoms with Crippen LogP contribution in [0.1, 0.15) is 27.0 Å². The molecule has 3 N–H and O–H groups in total. The van der Waals surface area contributed by atoms with E-state index in [-0.39, 0.29) is 19.0 Å². The number of hydrogen-bond acceptors (Lipinski definition) is 3. The Morgan fingerprint density at radius 1 is 0.903 bits per heavy atom. The van der Waals surface area contributed by atoms with Crippen LogP contribution in [0.2, 0.25) is 0 Å². The van der Waals surface area contributed by atoms with Crippen molar-refractivity contribution in [2.75, 3.05) is 33.7 Å². The number of amides is 3. The van der Waals surface area contributed by atoms with Gasteiger partial charge in [-0.25, -0.2) is 4.79 Å². The van der Waals surface area contributed by atoms with E-state index in [1.54, 1.807) is 24.3 Å². The number of benzene rings is 2. The molecule has 3 amide bonds. The molecule has 0 bridgehead atoms. The first kappa shape index (κ1) is 24.2. The number of carbonyl (C=O) groups excluding carboxylic acids is 2. The van der Waals surface area contributed by atoms with Crippen molar-refractivity contribution >= 4 is 11.9 Å². The van der Waals surface area contributed by atoms with Crippen LogP contribution in [0.15, 0.2) is 48.5 Å². The zero-order valence-corrected chi connectivity index (χ0v) is 17.6. The predicted molar refractivity (Wildman–Crippen MR) is 113 cm³/mol. The number of carbonyl (C=O) groups is 2. The van der Waals surface area contributed by atoms with Crippen LogP contribution in [-0.2, 0) is 19.1 Å². The van der Waals surface area contributed by atoms with Crippen molar-refractivity contribution in [1.29, 1.82) is 0 Å². The van der Waals surface area contributed by atoms with E-state index in [0.29, 0.717) is 24.1 Å². The fourth-order valence-corrected chi connectivity index (χ4v) is 2.74. The molecule has 0 radical (unpaired) electrons. The minimum absolute atomic E-state index is 0.176. The number of hydrogen-bond donors (Lipinski definition) is 3. The maximum Gasteiger partial charge on any atom is 0.416 e. The maximum absolute atomic E-state index is 12.6. The summed E-state index contributed by atoms with van der Waals surface area (Å²) < 4.78 is 37.7. The highest BCUT2D eigenvalue weighted by Crippen LogP contribution is 2.29. The van der Waals surface area contributed by atoms with Gasteiger partial charge in [-0.2, -0.15) is 13.2 Å². The number of halogens is 3. The molecule has 0 heterocycles.